The maximum Gasteiger partial charge on any atom is 0.0766 e. The summed E-state index contributed by atoms with van der Waals surface area (Å²) in [4.78, 5) is 0. The Balaban J connectivity index is 2.75. The van der Waals surface area contributed by atoms with E-state index in [0.717, 1.165) is 31.5 Å². The topological polar surface area (TPSA) is 29.9 Å². The van der Waals surface area contributed by atoms with E-state index in [0.29, 0.717) is 6.04 Å². The molecule has 0 aromatic carbocycles. The Morgan fingerprint density at radius 3 is 2.53 bits per heavy atom. The van der Waals surface area contributed by atoms with Gasteiger partial charge >= 0.3 is 0 Å². The van der Waals surface area contributed by atoms with Crippen molar-refractivity contribution in [2.45, 2.75) is 52.5 Å². The summed E-state index contributed by atoms with van der Waals surface area (Å²) < 4.78 is 3.21. The van der Waals surface area contributed by atoms with Crippen LogP contribution in [0, 0.1) is 0 Å². The minimum absolute atomic E-state index is 0.548. The smallest absolute Gasteiger partial charge is 0.0766 e. The molecule has 0 bridgehead atoms. The second kappa shape index (κ2) is 7.17. The van der Waals surface area contributed by atoms with Crippen LogP contribution in [-0.2, 0) is 19.9 Å². The quantitative estimate of drug-likeness (QED) is 0.839. The van der Waals surface area contributed by atoms with E-state index in [2.05, 4.69) is 47.1 Å². The van der Waals surface area contributed by atoms with Crippen LogP contribution in [0.15, 0.2) is 4.47 Å². The highest BCUT2D eigenvalue weighted by Gasteiger charge is 2.16. The molecular weight excluding hydrogens is 278 g/mol. The van der Waals surface area contributed by atoms with Crippen molar-refractivity contribution in [3.8, 4) is 0 Å². The zero-order valence-electron chi connectivity index (χ0n) is 11.4. The average Bonchev–Trinajstić information content (AvgIpc) is 2.60. The van der Waals surface area contributed by atoms with Crippen LogP contribution < -0.4 is 5.32 Å². The number of nitrogens with zero attached hydrogens (tertiary/aromatic N) is 2. The van der Waals surface area contributed by atoms with Gasteiger partial charge in [-0.05, 0) is 41.7 Å². The van der Waals surface area contributed by atoms with Gasteiger partial charge in [0.05, 0.1) is 15.9 Å². The molecule has 3 nitrogen and oxygen atoms in total. The van der Waals surface area contributed by atoms with Crippen molar-refractivity contribution in [1.82, 2.24) is 15.1 Å². The SMILES string of the molecule is CCCNC(CC)Cc1c(Br)c(CC)nn1C. The van der Waals surface area contributed by atoms with Crippen LogP contribution in [0.25, 0.3) is 0 Å². The minimum Gasteiger partial charge on any atom is -0.314 e. The fourth-order valence-corrected chi connectivity index (χ4v) is 2.76. The molecule has 1 aromatic heterocycles. The first kappa shape index (κ1) is 14.7. The molecule has 0 amide bonds. The summed E-state index contributed by atoms with van der Waals surface area (Å²) >= 11 is 3.68. The van der Waals surface area contributed by atoms with Gasteiger partial charge in [0.1, 0.15) is 0 Å². The number of rotatable bonds is 7. The molecule has 1 N–H and O–H groups in total. The predicted octanol–water partition coefficient (Wildman–Crippen LogP) is 3.07. The summed E-state index contributed by atoms with van der Waals surface area (Å²) in [5.41, 5.74) is 2.46. The third kappa shape index (κ3) is 3.81. The molecule has 0 aliphatic carbocycles. The van der Waals surface area contributed by atoms with Crippen LogP contribution in [0.4, 0.5) is 0 Å². The van der Waals surface area contributed by atoms with Crippen molar-refractivity contribution < 1.29 is 0 Å². The van der Waals surface area contributed by atoms with Crippen molar-refractivity contribution in [2.24, 2.45) is 7.05 Å². The molecule has 0 aliphatic heterocycles. The van der Waals surface area contributed by atoms with E-state index in [1.165, 1.54) is 16.6 Å². The van der Waals surface area contributed by atoms with E-state index in [4.69, 9.17) is 0 Å². The summed E-state index contributed by atoms with van der Waals surface area (Å²) in [5, 5.41) is 8.13. The van der Waals surface area contributed by atoms with Crippen LogP contribution in [-0.4, -0.2) is 22.4 Å². The maximum absolute atomic E-state index is 4.54. The van der Waals surface area contributed by atoms with Crippen LogP contribution >= 0.6 is 15.9 Å². The van der Waals surface area contributed by atoms with E-state index in [-0.39, 0.29) is 0 Å². The lowest BCUT2D eigenvalue weighted by molar-refractivity contribution is 0.480. The third-order valence-corrected chi connectivity index (χ3v) is 4.03. The minimum atomic E-state index is 0.548. The zero-order valence-corrected chi connectivity index (χ0v) is 13.0. The Kier molecular flexibility index (Phi) is 6.20. The van der Waals surface area contributed by atoms with E-state index in [1.54, 1.807) is 0 Å². The number of halogens is 1. The molecule has 17 heavy (non-hydrogen) atoms. The molecule has 98 valence electrons. The van der Waals surface area contributed by atoms with E-state index >= 15 is 0 Å². The lowest BCUT2D eigenvalue weighted by atomic mass is 10.1. The van der Waals surface area contributed by atoms with Crippen LogP contribution in [0.3, 0.4) is 0 Å². The lowest BCUT2D eigenvalue weighted by Gasteiger charge is -2.16. The number of nitrogens with one attached hydrogen (secondary N) is 1. The summed E-state index contributed by atoms with van der Waals surface area (Å²) in [6.07, 6.45) is 4.36. The summed E-state index contributed by atoms with van der Waals surface area (Å²) in [5.74, 6) is 0. The number of hydrogen-bond donors (Lipinski definition) is 1. The highest BCUT2D eigenvalue weighted by atomic mass is 79.9. The van der Waals surface area contributed by atoms with Gasteiger partial charge < -0.3 is 5.32 Å². The van der Waals surface area contributed by atoms with Gasteiger partial charge in [-0.3, -0.25) is 4.68 Å². The lowest BCUT2D eigenvalue weighted by Crippen LogP contribution is -2.31. The van der Waals surface area contributed by atoms with Crippen molar-refractivity contribution in [1.29, 1.82) is 0 Å². The van der Waals surface area contributed by atoms with E-state index in [1.807, 2.05) is 11.7 Å². The average molecular weight is 302 g/mol. The Bertz CT molecular complexity index is 347. The van der Waals surface area contributed by atoms with Gasteiger partial charge in [0, 0.05) is 19.5 Å². The zero-order chi connectivity index (χ0) is 12.8. The van der Waals surface area contributed by atoms with Gasteiger partial charge in [0.2, 0.25) is 0 Å². The molecule has 0 saturated carbocycles. The Morgan fingerprint density at radius 1 is 1.35 bits per heavy atom. The molecule has 0 saturated heterocycles. The predicted molar refractivity (Wildman–Crippen MR) is 76.4 cm³/mol. The van der Waals surface area contributed by atoms with Gasteiger partial charge in [-0.1, -0.05) is 20.8 Å². The highest BCUT2D eigenvalue weighted by molar-refractivity contribution is 9.10. The fraction of sp³-hybridized carbons (Fsp3) is 0.769. The van der Waals surface area contributed by atoms with Gasteiger partial charge in [0.15, 0.2) is 0 Å². The molecule has 1 atom stereocenters. The first-order valence-electron chi connectivity index (χ1n) is 6.57. The molecule has 1 heterocycles. The first-order chi connectivity index (χ1) is 8.13. The maximum atomic E-state index is 4.54. The molecular formula is C13H24BrN3. The summed E-state index contributed by atoms with van der Waals surface area (Å²) in [7, 11) is 2.03. The molecule has 0 fully saturated rings. The largest absolute Gasteiger partial charge is 0.314 e. The standard InChI is InChI=1S/C13H24BrN3/c1-5-8-15-10(6-2)9-12-13(14)11(7-3)16-17(12)4/h10,15H,5-9H2,1-4H3. The van der Waals surface area contributed by atoms with Gasteiger partial charge in [0.25, 0.3) is 0 Å². The molecule has 0 spiro atoms. The molecule has 1 rings (SSSR count). The monoisotopic (exact) mass is 301 g/mol. The first-order valence-corrected chi connectivity index (χ1v) is 7.36. The summed E-state index contributed by atoms with van der Waals surface area (Å²) in [6, 6.07) is 0.548. The Morgan fingerprint density at radius 2 is 2.06 bits per heavy atom. The van der Waals surface area contributed by atoms with Crippen molar-refractivity contribution in [3.05, 3.63) is 15.9 Å². The molecule has 0 radical (unpaired) electrons. The second-order valence-corrected chi connectivity index (χ2v) is 5.24. The summed E-state index contributed by atoms with van der Waals surface area (Å²) in [6.45, 7) is 7.67. The molecule has 1 aromatic rings. The van der Waals surface area contributed by atoms with E-state index in [9.17, 15) is 0 Å². The highest BCUT2D eigenvalue weighted by Crippen LogP contribution is 2.23. The van der Waals surface area contributed by atoms with Crippen molar-refractivity contribution in [3.63, 3.8) is 0 Å². The van der Waals surface area contributed by atoms with Gasteiger partial charge in [-0.25, -0.2) is 0 Å². The number of hydrogen-bond acceptors (Lipinski definition) is 2. The van der Waals surface area contributed by atoms with Crippen LogP contribution in [0.2, 0.25) is 0 Å². The van der Waals surface area contributed by atoms with E-state index < -0.39 is 0 Å². The van der Waals surface area contributed by atoms with Crippen molar-refractivity contribution >= 4 is 15.9 Å². The van der Waals surface area contributed by atoms with Crippen molar-refractivity contribution in [2.75, 3.05) is 6.54 Å². The Hall–Kier alpha value is -0.350. The van der Waals surface area contributed by atoms with Crippen LogP contribution in [0.1, 0.15) is 45.0 Å². The fourth-order valence-electron chi connectivity index (χ4n) is 1.98. The second-order valence-electron chi connectivity index (χ2n) is 4.45. The molecule has 1 unspecified atom stereocenters. The molecule has 0 aliphatic rings. The number of aryl methyl sites for hydroxylation is 2. The molecule has 4 heteroatoms. The van der Waals surface area contributed by atoms with Crippen LogP contribution in [0.5, 0.6) is 0 Å². The number of aromatic nitrogens is 2. The normalized spacial score (nSPS) is 13.0. The van der Waals surface area contributed by atoms with Gasteiger partial charge in [-0.15, -0.1) is 0 Å². The van der Waals surface area contributed by atoms with Gasteiger partial charge in [-0.2, -0.15) is 5.10 Å². The third-order valence-electron chi connectivity index (χ3n) is 3.12. The Labute approximate surface area is 113 Å².